The van der Waals surface area contributed by atoms with E-state index in [1.54, 1.807) is 25.2 Å². The lowest BCUT2D eigenvalue weighted by Gasteiger charge is -2.16. The van der Waals surface area contributed by atoms with E-state index in [2.05, 4.69) is 5.32 Å². The molecule has 0 aliphatic carbocycles. The number of carbonyl (C=O) groups is 2. The number of hydrogen-bond donors (Lipinski definition) is 1. The minimum Gasteiger partial charge on any atom is -0.332 e. The molecule has 1 aromatic heterocycles. The summed E-state index contributed by atoms with van der Waals surface area (Å²) in [4.78, 5) is 26.6. The third-order valence-electron chi connectivity index (χ3n) is 3.85. The van der Waals surface area contributed by atoms with Crippen LogP contribution in [0.25, 0.3) is 10.1 Å². The quantitative estimate of drug-likeness (QED) is 0.644. The number of nitrogens with one attached hydrogen (secondary N) is 1. The van der Waals surface area contributed by atoms with Crippen LogP contribution in [0.5, 0.6) is 0 Å². The summed E-state index contributed by atoms with van der Waals surface area (Å²) < 4.78 is 0.836. The van der Waals surface area contributed by atoms with E-state index < -0.39 is 0 Å². The molecule has 1 heterocycles. The SMILES string of the molecule is Cc1ccc(NC(=O)CN(C)C(=O)c2sc3cc(Cl)ccc3c2Cl)cc1. The standard InChI is InChI=1S/C19H16Cl2N2O2S/c1-11-3-6-13(7-4-11)22-16(24)10-23(2)19(25)18-17(21)14-8-5-12(20)9-15(14)26-18/h3-9H,10H2,1-2H3,(H,22,24). The van der Waals surface area contributed by atoms with Gasteiger partial charge in [0.2, 0.25) is 5.91 Å². The maximum Gasteiger partial charge on any atom is 0.265 e. The van der Waals surface area contributed by atoms with Gasteiger partial charge in [0.15, 0.2) is 0 Å². The second kappa shape index (κ2) is 7.66. The molecule has 26 heavy (non-hydrogen) atoms. The molecule has 0 atom stereocenters. The molecule has 0 radical (unpaired) electrons. The third-order valence-corrected chi connectivity index (χ3v) is 5.73. The Balaban J connectivity index is 1.72. The Hall–Kier alpha value is -2.08. The fourth-order valence-electron chi connectivity index (χ4n) is 2.47. The predicted octanol–water partition coefficient (Wildman–Crippen LogP) is 5.23. The van der Waals surface area contributed by atoms with Crippen LogP contribution in [0.1, 0.15) is 15.2 Å². The van der Waals surface area contributed by atoms with Crippen LogP contribution in [-0.4, -0.2) is 30.3 Å². The molecule has 2 aromatic carbocycles. The molecule has 4 nitrogen and oxygen atoms in total. The fourth-order valence-corrected chi connectivity index (χ4v) is 4.26. The number of benzene rings is 2. The van der Waals surface area contributed by atoms with E-state index in [4.69, 9.17) is 23.2 Å². The number of nitrogens with zero attached hydrogens (tertiary/aromatic N) is 1. The molecule has 0 fully saturated rings. The number of rotatable bonds is 4. The number of carbonyl (C=O) groups excluding carboxylic acids is 2. The molecule has 0 spiro atoms. The molecule has 2 amide bonds. The van der Waals surface area contributed by atoms with Crippen LogP contribution in [0.2, 0.25) is 10.0 Å². The number of fused-ring (bicyclic) bond motifs is 1. The van der Waals surface area contributed by atoms with E-state index in [0.717, 1.165) is 15.6 Å². The van der Waals surface area contributed by atoms with Gasteiger partial charge in [-0.2, -0.15) is 0 Å². The van der Waals surface area contributed by atoms with Gasteiger partial charge in [0, 0.05) is 27.8 Å². The Morgan fingerprint density at radius 3 is 2.50 bits per heavy atom. The highest BCUT2D eigenvalue weighted by Gasteiger charge is 2.22. The zero-order valence-electron chi connectivity index (χ0n) is 14.2. The molecule has 0 bridgehead atoms. The van der Waals surface area contributed by atoms with Crippen LogP contribution in [0.4, 0.5) is 5.69 Å². The largest absolute Gasteiger partial charge is 0.332 e. The first-order chi connectivity index (χ1) is 12.3. The third kappa shape index (κ3) is 4.01. The number of amides is 2. The summed E-state index contributed by atoms with van der Waals surface area (Å²) in [6.45, 7) is 1.90. The Morgan fingerprint density at radius 1 is 1.12 bits per heavy atom. The first kappa shape index (κ1) is 18.7. The Kier molecular flexibility index (Phi) is 5.51. The van der Waals surface area contributed by atoms with Crippen LogP contribution in [-0.2, 0) is 4.79 Å². The summed E-state index contributed by atoms with van der Waals surface area (Å²) in [5.41, 5.74) is 1.80. The van der Waals surface area contributed by atoms with E-state index in [1.807, 2.05) is 31.2 Å². The molecule has 0 saturated carbocycles. The van der Waals surface area contributed by atoms with E-state index in [9.17, 15) is 9.59 Å². The van der Waals surface area contributed by atoms with Crippen LogP contribution >= 0.6 is 34.5 Å². The van der Waals surface area contributed by atoms with E-state index in [1.165, 1.54) is 16.2 Å². The average molecular weight is 407 g/mol. The van der Waals surface area contributed by atoms with Gasteiger partial charge in [-0.1, -0.05) is 47.0 Å². The van der Waals surface area contributed by atoms with Crippen molar-refractivity contribution in [3.8, 4) is 0 Å². The lowest BCUT2D eigenvalue weighted by Crippen LogP contribution is -2.34. The van der Waals surface area contributed by atoms with Gasteiger partial charge >= 0.3 is 0 Å². The lowest BCUT2D eigenvalue weighted by molar-refractivity contribution is -0.116. The second-order valence-corrected chi connectivity index (χ2v) is 7.83. The van der Waals surface area contributed by atoms with Gasteiger partial charge in [0.05, 0.1) is 11.6 Å². The number of hydrogen-bond acceptors (Lipinski definition) is 3. The summed E-state index contributed by atoms with van der Waals surface area (Å²) >= 11 is 13.6. The van der Waals surface area contributed by atoms with E-state index in [0.29, 0.717) is 20.6 Å². The molecular formula is C19H16Cl2N2O2S. The summed E-state index contributed by atoms with van der Waals surface area (Å²) in [5, 5.41) is 4.52. The van der Waals surface area contributed by atoms with Crippen molar-refractivity contribution >= 4 is 62.1 Å². The van der Waals surface area contributed by atoms with Gasteiger partial charge < -0.3 is 10.2 Å². The van der Waals surface area contributed by atoms with Crippen molar-refractivity contribution < 1.29 is 9.59 Å². The Labute approximate surface area is 165 Å². The molecule has 3 aromatic rings. The Morgan fingerprint density at radius 2 is 1.81 bits per heavy atom. The molecule has 0 aliphatic heterocycles. The molecular weight excluding hydrogens is 391 g/mol. The van der Waals surface area contributed by atoms with Crippen LogP contribution in [0.15, 0.2) is 42.5 Å². The van der Waals surface area contributed by atoms with Gasteiger partial charge in [-0.25, -0.2) is 0 Å². The van der Waals surface area contributed by atoms with Crippen LogP contribution < -0.4 is 5.32 Å². The van der Waals surface area contributed by atoms with Crippen molar-refractivity contribution in [2.75, 3.05) is 18.9 Å². The maximum absolute atomic E-state index is 12.7. The number of thiophene rings is 1. The summed E-state index contributed by atoms with van der Waals surface area (Å²) in [7, 11) is 1.57. The molecule has 7 heteroatoms. The fraction of sp³-hybridized carbons (Fsp3) is 0.158. The van der Waals surface area contributed by atoms with Crippen molar-refractivity contribution in [3.05, 3.63) is 63.0 Å². The highest BCUT2D eigenvalue weighted by Crippen LogP contribution is 2.37. The molecule has 0 unspecified atom stereocenters. The highest BCUT2D eigenvalue weighted by molar-refractivity contribution is 7.21. The van der Waals surface area contributed by atoms with Gasteiger partial charge in [-0.3, -0.25) is 9.59 Å². The van der Waals surface area contributed by atoms with Crippen LogP contribution in [0.3, 0.4) is 0 Å². The monoisotopic (exact) mass is 406 g/mol. The second-order valence-electron chi connectivity index (χ2n) is 5.96. The summed E-state index contributed by atoms with van der Waals surface area (Å²) in [5.74, 6) is -0.573. The molecule has 3 rings (SSSR count). The minimum absolute atomic E-state index is 0.0714. The zero-order chi connectivity index (χ0) is 18.8. The Bertz CT molecular complexity index is 983. The summed E-state index contributed by atoms with van der Waals surface area (Å²) in [6.07, 6.45) is 0. The van der Waals surface area contributed by atoms with Gasteiger partial charge in [-0.05, 0) is 31.2 Å². The molecule has 0 saturated heterocycles. The molecule has 0 aliphatic rings. The minimum atomic E-state index is -0.300. The highest BCUT2D eigenvalue weighted by atomic mass is 35.5. The van der Waals surface area contributed by atoms with Gasteiger partial charge in [0.25, 0.3) is 5.91 Å². The average Bonchev–Trinajstić information content (AvgIpc) is 2.92. The van der Waals surface area contributed by atoms with Crippen molar-refractivity contribution in [1.29, 1.82) is 0 Å². The number of aryl methyl sites for hydroxylation is 1. The normalized spacial score (nSPS) is 10.8. The predicted molar refractivity (Wildman–Crippen MR) is 109 cm³/mol. The van der Waals surface area contributed by atoms with Crippen molar-refractivity contribution in [3.63, 3.8) is 0 Å². The van der Waals surface area contributed by atoms with E-state index in [-0.39, 0.29) is 18.4 Å². The van der Waals surface area contributed by atoms with E-state index >= 15 is 0 Å². The number of anilines is 1. The first-order valence-corrected chi connectivity index (χ1v) is 9.42. The first-order valence-electron chi connectivity index (χ1n) is 7.84. The van der Waals surface area contributed by atoms with Crippen molar-refractivity contribution in [1.82, 2.24) is 4.90 Å². The number of halogens is 2. The smallest absolute Gasteiger partial charge is 0.265 e. The van der Waals surface area contributed by atoms with Crippen molar-refractivity contribution in [2.45, 2.75) is 6.92 Å². The topological polar surface area (TPSA) is 49.4 Å². The van der Waals surface area contributed by atoms with Gasteiger partial charge in [0.1, 0.15) is 4.88 Å². The zero-order valence-corrected chi connectivity index (χ0v) is 16.5. The molecule has 134 valence electrons. The van der Waals surface area contributed by atoms with Crippen LogP contribution in [0, 0.1) is 6.92 Å². The molecule has 1 N–H and O–H groups in total. The lowest BCUT2D eigenvalue weighted by atomic mass is 10.2. The maximum atomic E-state index is 12.7. The summed E-state index contributed by atoms with van der Waals surface area (Å²) in [6, 6.07) is 12.8. The number of likely N-dealkylation sites (N-methyl/N-ethyl adjacent to an activating group) is 1. The van der Waals surface area contributed by atoms with Gasteiger partial charge in [-0.15, -0.1) is 11.3 Å². The van der Waals surface area contributed by atoms with Crippen molar-refractivity contribution in [2.24, 2.45) is 0 Å².